The van der Waals surface area contributed by atoms with Crippen LogP contribution >= 0.6 is 0 Å². The molecule has 1 aliphatic heterocycles. The van der Waals surface area contributed by atoms with E-state index >= 15 is 0 Å². The summed E-state index contributed by atoms with van der Waals surface area (Å²) in [6.45, 7) is 0.000340. The Morgan fingerprint density at radius 1 is 0.964 bits per heavy atom. The number of hydrogen-bond acceptors (Lipinski definition) is 5. The van der Waals surface area contributed by atoms with Gasteiger partial charge < -0.3 is 15.1 Å². The summed E-state index contributed by atoms with van der Waals surface area (Å²) in [5.41, 5.74) is 1.67. The Balaban J connectivity index is 1.32. The predicted molar refractivity (Wildman–Crippen MR) is 98.3 cm³/mol. The summed E-state index contributed by atoms with van der Waals surface area (Å²) in [4.78, 5) is 56.5. The standard InChI is InChI=1S/C20H15N3O5/c24-17(28-23-19(26)13-6-1-2-7-14(13)20(23)27)9-10-21-18(25)15-11-22-16-8-4-3-5-12(15)16/h1-8,11,22H,9-10H2,(H,21,25). The molecule has 0 spiro atoms. The van der Waals surface area contributed by atoms with Crippen LogP contribution in [0.25, 0.3) is 10.9 Å². The van der Waals surface area contributed by atoms with E-state index in [0.717, 1.165) is 10.9 Å². The van der Waals surface area contributed by atoms with Crippen LogP contribution in [0.5, 0.6) is 0 Å². The van der Waals surface area contributed by atoms with Gasteiger partial charge >= 0.3 is 5.97 Å². The third kappa shape index (κ3) is 3.01. The van der Waals surface area contributed by atoms with Crippen molar-refractivity contribution in [3.05, 3.63) is 71.4 Å². The van der Waals surface area contributed by atoms with Crippen molar-refractivity contribution in [1.29, 1.82) is 0 Å². The minimum atomic E-state index is -0.797. The minimum Gasteiger partial charge on any atom is -0.360 e. The maximum Gasteiger partial charge on any atom is 0.335 e. The highest BCUT2D eigenvalue weighted by atomic mass is 16.7. The van der Waals surface area contributed by atoms with Gasteiger partial charge in [-0.1, -0.05) is 35.4 Å². The fourth-order valence-corrected chi connectivity index (χ4v) is 3.03. The fraction of sp³-hybridized carbons (Fsp3) is 0.100. The highest BCUT2D eigenvalue weighted by Gasteiger charge is 2.38. The number of H-pyrrole nitrogens is 1. The number of carbonyl (C=O) groups is 4. The lowest BCUT2D eigenvalue weighted by Crippen LogP contribution is -2.34. The third-order valence-electron chi connectivity index (χ3n) is 4.40. The van der Waals surface area contributed by atoms with E-state index in [2.05, 4.69) is 10.3 Å². The second-order valence-electron chi connectivity index (χ2n) is 6.17. The summed E-state index contributed by atoms with van der Waals surface area (Å²) in [5.74, 6) is -2.51. The number of aromatic nitrogens is 1. The fourth-order valence-electron chi connectivity index (χ4n) is 3.03. The van der Waals surface area contributed by atoms with Crippen molar-refractivity contribution in [3.63, 3.8) is 0 Å². The first kappa shape index (κ1) is 17.5. The van der Waals surface area contributed by atoms with Crippen LogP contribution < -0.4 is 5.32 Å². The minimum absolute atomic E-state index is 0.000340. The number of nitrogens with one attached hydrogen (secondary N) is 2. The number of rotatable bonds is 5. The lowest BCUT2D eigenvalue weighted by molar-refractivity contribution is -0.168. The van der Waals surface area contributed by atoms with Crippen LogP contribution in [0.3, 0.4) is 0 Å². The molecule has 0 unspecified atom stereocenters. The maximum atomic E-state index is 12.3. The number of imide groups is 1. The summed E-state index contributed by atoms with van der Waals surface area (Å²) in [6.07, 6.45) is 1.40. The molecule has 8 nitrogen and oxygen atoms in total. The largest absolute Gasteiger partial charge is 0.360 e. The van der Waals surface area contributed by atoms with Crippen LogP contribution in [0.1, 0.15) is 37.5 Å². The molecular formula is C20H15N3O5. The van der Waals surface area contributed by atoms with E-state index in [1.807, 2.05) is 24.3 Å². The van der Waals surface area contributed by atoms with Gasteiger partial charge in [-0.3, -0.25) is 14.4 Å². The van der Waals surface area contributed by atoms with Crippen molar-refractivity contribution in [3.8, 4) is 0 Å². The number of nitrogens with zero attached hydrogens (tertiary/aromatic N) is 1. The van der Waals surface area contributed by atoms with Gasteiger partial charge in [-0.2, -0.15) is 0 Å². The highest BCUT2D eigenvalue weighted by Crippen LogP contribution is 2.22. The number of benzene rings is 2. The zero-order valence-electron chi connectivity index (χ0n) is 14.6. The van der Waals surface area contributed by atoms with Gasteiger partial charge in [-0.05, 0) is 18.2 Å². The van der Waals surface area contributed by atoms with Gasteiger partial charge in [0.15, 0.2) is 0 Å². The first-order valence-corrected chi connectivity index (χ1v) is 8.59. The topological polar surface area (TPSA) is 109 Å². The van der Waals surface area contributed by atoms with Crippen LogP contribution in [0, 0.1) is 0 Å². The van der Waals surface area contributed by atoms with E-state index in [9.17, 15) is 19.2 Å². The molecule has 140 valence electrons. The van der Waals surface area contributed by atoms with E-state index in [0.29, 0.717) is 10.6 Å². The molecule has 1 aliphatic rings. The Hall–Kier alpha value is -3.94. The molecule has 2 aromatic carbocycles. The van der Waals surface area contributed by atoms with E-state index in [1.54, 1.807) is 18.3 Å². The molecule has 0 bridgehead atoms. The first-order valence-electron chi connectivity index (χ1n) is 8.59. The number of para-hydroxylation sites is 1. The van der Waals surface area contributed by atoms with Gasteiger partial charge in [0.25, 0.3) is 17.7 Å². The summed E-state index contributed by atoms with van der Waals surface area (Å²) < 4.78 is 0. The molecule has 0 saturated heterocycles. The van der Waals surface area contributed by atoms with Gasteiger partial charge in [0.2, 0.25) is 0 Å². The van der Waals surface area contributed by atoms with Gasteiger partial charge in [0.05, 0.1) is 23.1 Å². The summed E-state index contributed by atoms with van der Waals surface area (Å²) in [6, 6.07) is 13.6. The average molecular weight is 377 g/mol. The quantitative estimate of drug-likeness (QED) is 0.662. The molecule has 3 aromatic rings. The Bertz CT molecular complexity index is 1080. The Kier molecular flexibility index (Phi) is 4.36. The molecule has 1 aromatic heterocycles. The van der Waals surface area contributed by atoms with Crippen molar-refractivity contribution in [2.75, 3.05) is 6.54 Å². The molecule has 0 aliphatic carbocycles. The van der Waals surface area contributed by atoms with Gasteiger partial charge in [-0.15, -0.1) is 0 Å². The van der Waals surface area contributed by atoms with Crippen LogP contribution in [0.2, 0.25) is 0 Å². The van der Waals surface area contributed by atoms with Gasteiger partial charge in [-0.25, -0.2) is 4.79 Å². The maximum absolute atomic E-state index is 12.3. The molecule has 0 radical (unpaired) electrons. The lowest BCUT2D eigenvalue weighted by atomic mass is 10.1. The van der Waals surface area contributed by atoms with E-state index in [4.69, 9.17) is 4.84 Å². The molecule has 0 atom stereocenters. The Morgan fingerprint density at radius 3 is 2.32 bits per heavy atom. The molecule has 3 amide bonds. The lowest BCUT2D eigenvalue weighted by Gasteiger charge is -2.12. The number of amides is 3. The van der Waals surface area contributed by atoms with Gasteiger partial charge in [0, 0.05) is 23.6 Å². The normalized spacial score (nSPS) is 12.9. The number of hydrogen-bond donors (Lipinski definition) is 2. The number of fused-ring (bicyclic) bond motifs is 2. The number of carbonyl (C=O) groups excluding carboxylic acids is 4. The van der Waals surface area contributed by atoms with Crippen molar-refractivity contribution in [1.82, 2.24) is 15.4 Å². The van der Waals surface area contributed by atoms with Crippen LogP contribution in [0.15, 0.2) is 54.7 Å². The number of hydroxylamine groups is 2. The second-order valence-corrected chi connectivity index (χ2v) is 6.17. The zero-order chi connectivity index (χ0) is 19.7. The molecule has 2 N–H and O–H groups in total. The smallest absolute Gasteiger partial charge is 0.335 e. The van der Waals surface area contributed by atoms with Crippen LogP contribution in [-0.4, -0.2) is 40.3 Å². The molecule has 8 heteroatoms. The molecule has 28 heavy (non-hydrogen) atoms. The number of aromatic amines is 1. The monoisotopic (exact) mass is 377 g/mol. The predicted octanol–water partition coefficient (Wildman–Crippen LogP) is 2.04. The molecule has 4 rings (SSSR count). The summed E-state index contributed by atoms with van der Waals surface area (Å²) in [5, 5.41) is 3.85. The van der Waals surface area contributed by atoms with Crippen molar-refractivity contribution >= 4 is 34.6 Å². The average Bonchev–Trinajstić information content (AvgIpc) is 3.24. The third-order valence-corrected chi connectivity index (χ3v) is 4.40. The van der Waals surface area contributed by atoms with Gasteiger partial charge in [0.1, 0.15) is 0 Å². The van der Waals surface area contributed by atoms with Crippen LogP contribution in [0.4, 0.5) is 0 Å². The second kappa shape index (κ2) is 6.99. The van der Waals surface area contributed by atoms with E-state index in [1.165, 1.54) is 12.1 Å². The molecular weight excluding hydrogens is 362 g/mol. The first-order chi connectivity index (χ1) is 13.6. The zero-order valence-corrected chi connectivity index (χ0v) is 14.6. The summed E-state index contributed by atoms with van der Waals surface area (Å²) >= 11 is 0. The van der Waals surface area contributed by atoms with Crippen LogP contribution in [-0.2, 0) is 9.63 Å². The van der Waals surface area contributed by atoms with E-state index in [-0.39, 0.29) is 30.0 Å². The Morgan fingerprint density at radius 2 is 1.61 bits per heavy atom. The molecule has 0 fully saturated rings. The summed E-state index contributed by atoms with van der Waals surface area (Å²) in [7, 11) is 0. The van der Waals surface area contributed by atoms with Crippen molar-refractivity contribution in [2.24, 2.45) is 0 Å². The Labute approximate surface area is 159 Å². The highest BCUT2D eigenvalue weighted by molar-refractivity contribution is 6.20. The SMILES string of the molecule is O=C(CCNC(=O)c1c[nH]c2ccccc12)ON1C(=O)c2ccccc2C1=O. The van der Waals surface area contributed by atoms with Crippen molar-refractivity contribution < 1.29 is 24.0 Å². The van der Waals surface area contributed by atoms with E-state index < -0.39 is 17.8 Å². The molecule has 0 saturated carbocycles. The molecule has 2 heterocycles. The van der Waals surface area contributed by atoms with Crippen molar-refractivity contribution in [2.45, 2.75) is 6.42 Å².